The van der Waals surface area contributed by atoms with Gasteiger partial charge in [0.25, 0.3) is 0 Å². The monoisotopic (exact) mass is 252 g/mol. The van der Waals surface area contributed by atoms with Crippen molar-refractivity contribution < 1.29 is 5.73 Å². The maximum atomic E-state index is 5.61. The van der Waals surface area contributed by atoms with Crippen LogP contribution in [0, 0.1) is 0 Å². The molecule has 0 saturated heterocycles. The summed E-state index contributed by atoms with van der Waals surface area (Å²) < 4.78 is 1.26. The molecule has 60 valence electrons. The fourth-order valence-electron chi connectivity index (χ4n) is 0.979. The van der Waals surface area contributed by atoms with Gasteiger partial charge in [-0.05, 0) is 0 Å². The van der Waals surface area contributed by atoms with Gasteiger partial charge < -0.3 is 0 Å². The summed E-state index contributed by atoms with van der Waals surface area (Å²) in [6, 6.07) is 0. The van der Waals surface area contributed by atoms with Crippen molar-refractivity contribution in [3.05, 3.63) is 9.91 Å². The number of hydrogen-bond donors (Lipinski definition) is 2. The van der Waals surface area contributed by atoms with Crippen molar-refractivity contribution in [2.75, 3.05) is 7.05 Å². The zero-order valence-corrected chi connectivity index (χ0v) is 10.2. The van der Waals surface area contributed by atoms with Crippen LogP contribution < -0.4 is 11.6 Å². The molecule has 0 fully saturated rings. The van der Waals surface area contributed by atoms with Crippen LogP contribution in [0.25, 0.3) is 0 Å². The predicted molar refractivity (Wildman–Crippen MR) is 46.3 cm³/mol. The molecule has 0 amide bonds. The molecule has 0 saturated carbocycles. The van der Waals surface area contributed by atoms with Crippen LogP contribution in [0.4, 0.5) is 0 Å². The third-order valence-corrected chi connectivity index (χ3v) is 7.32. The van der Waals surface area contributed by atoms with Gasteiger partial charge in [0.15, 0.2) is 0 Å². The molecule has 0 aliphatic carbocycles. The molecule has 0 aromatic heterocycles. The van der Waals surface area contributed by atoms with E-state index in [0.717, 1.165) is 0 Å². The van der Waals surface area contributed by atoms with E-state index in [2.05, 4.69) is 20.6 Å². The molecule has 0 aromatic carbocycles. The molecule has 0 rings (SSSR count). The van der Waals surface area contributed by atoms with Crippen molar-refractivity contribution in [3.8, 4) is 0 Å². The minimum absolute atomic E-state index is 1.26. The van der Waals surface area contributed by atoms with E-state index < -0.39 is 18.4 Å². The number of quaternary nitrogens is 1. The fraction of sp³-hybridized carbons (Fsp3) is 0.667. The summed E-state index contributed by atoms with van der Waals surface area (Å²) in [5.74, 6) is 5.61. The number of rotatable bonds is 2. The van der Waals surface area contributed by atoms with Crippen molar-refractivity contribution in [2.24, 2.45) is 5.84 Å². The maximum absolute atomic E-state index is 5.61. The normalized spacial score (nSPS) is 13.6. The molecule has 5 N–H and O–H groups in total. The topological polar surface area (TPSA) is 56.9 Å². The first-order valence-electron chi connectivity index (χ1n) is 3.38. The Morgan fingerprint density at radius 2 is 1.90 bits per heavy atom. The molecule has 0 heterocycles. The minimum atomic E-state index is -1.94. The Bertz CT molecular complexity index is 134. The second-order valence-corrected chi connectivity index (χ2v) is 17.8. The summed E-state index contributed by atoms with van der Waals surface area (Å²) >= 11 is -1.94. The molecule has 4 heteroatoms. The van der Waals surface area contributed by atoms with E-state index in [1.54, 1.807) is 5.01 Å². The molecule has 0 aliphatic heterocycles. The third-order valence-electron chi connectivity index (χ3n) is 1.34. The number of hydrazine groups is 1. The van der Waals surface area contributed by atoms with E-state index >= 15 is 0 Å². The van der Waals surface area contributed by atoms with Crippen molar-refractivity contribution in [1.29, 1.82) is 0 Å². The molecule has 0 unspecified atom stereocenters. The molecule has 0 bridgehead atoms. The van der Waals surface area contributed by atoms with E-state index in [1.807, 2.05) is 13.2 Å². The van der Waals surface area contributed by atoms with E-state index in [9.17, 15) is 0 Å². The summed E-state index contributed by atoms with van der Waals surface area (Å²) in [6.45, 7) is 0. The molecule has 0 spiro atoms. The SMILES string of the molecule is CN(N)[C](=C[NH3+])[Sn]([CH3])([CH3])[CH3]. The van der Waals surface area contributed by atoms with Gasteiger partial charge in [0.05, 0.1) is 0 Å². The average Bonchev–Trinajstić information content (AvgIpc) is 1.60. The predicted octanol–water partition coefficient (Wildman–Crippen LogP) is -0.247. The van der Waals surface area contributed by atoms with Crippen LogP contribution in [-0.4, -0.2) is 30.4 Å². The van der Waals surface area contributed by atoms with Gasteiger partial charge in [-0.3, -0.25) is 0 Å². The van der Waals surface area contributed by atoms with E-state index in [-0.39, 0.29) is 0 Å². The zero-order valence-electron chi connectivity index (χ0n) is 7.31. The Morgan fingerprint density at radius 3 is 1.90 bits per heavy atom. The van der Waals surface area contributed by atoms with E-state index in [1.165, 1.54) is 3.71 Å². The van der Waals surface area contributed by atoms with Gasteiger partial charge in [-0.25, -0.2) is 0 Å². The Labute approximate surface area is 66.9 Å². The van der Waals surface area contributed by atoms with Gasteiger partial charge in [0, 0.05) is 0 Å². The molecule has 0 aliphatic rings. The molecular formula is C6H18N3Sn+. The molecular weight excluding hydrogens is 233 g/mol. The third kappa shape index (κ3) is 2.90. The fourth-order valence-corrected chi connectivity index (χ4v) is 5.75. The van der Waals surface area contributed by atoms with Crippen LogP contribution in [0.3, 0.4) is 0 Å². The molecule has 0 radical (unpaired) electrons. The van der Waals surface area contributed by atoms with Gasteiger partial charge in [-0.1, -0.05) is 0 Å². The average molecular weight is 251 g/mol. The van der Waals surface area contributed by atoms with Crippen molar-refractivity contribution in [2.45, 2.75) is 14.8 Å². The van der Waals surface area contributed by atoms with Gasteiger partial charge >= 0.3 is 66.7 Å². The Kier molecular flexibility index (Phi) is 3.69. The van der Waals surface area contributed by atoms with Gasteiger partial charge in [-0.15, -0.1) is 0 Å². The first-order valence-corrected chi connectivity index (χ1v) is 13.4. The van der Waals surface area contributed by atoms with Crippen LogP contribution in [0.5, 0.6) is 0 Å². The van der Waals surface area contributed by atoms with E-state index in [0.29, 0.717) is 0 Å². The van der Waals surface area contributed by atoms with Crippen LogP contribution in [-0.2, 0) is 0 Å². The van der Waals surface area contributed by atoms with E-state index in [4.69, 9.17) is 5.84 Å². The molecule has 10 heavy (non-hydrogen) atoms. The summed E-state index contributed by atoms with van der Waals surface area (Å²) in [5, 5.41) is 1.70. The number of nitrogens with zero attached hydrogens (tertiary/aromatic N) is 1. The van der Waals surface area contributed by atoms with Crippen molar-refractivity contribution in [1.82, 2.24) is 5.01 Å². The Balaban J connectivity index is 4.40. The van der Waals surface area contributed by atoms with Crippen molar-refractivity contribution >= 4 is 18.4 Å². The molecule has 0 atom stereocenters. The van der Waals surface area contributed by atoms with Gasteiger partial charge in [0.2, 0.25) is 0 Å². The van der Waals surface area contributed by atoms with Crippen LogP contribution in [0.15, 0.2) is 9.91 Å². The first-order chi connectivity index (χ1) is 4.39. The van der Waals surface area contributed by atoms with Crippen LogP contribution in [0.1, 0.15) is 0 Å². The zero-order chi connectivity index (χ0) is 8.36. The summed E-state index contributed by atoms with van der Waals surface area (Å²) in [6.07, 6.45) is 1.88. The number of hydrogen-bond acceptors (Lipinski definition) is 2. The summed E-state index contributed by atoms with van der Waals surface area (Å²) in [4.78, 5) is 6.94. The number of nitrogens with two attached hydrogens (primary N) is 1. The first kappa shape index (κ1) is 10.3. The standard InChI is InChI=1S/C3H8N3.3CH3.Sn/c1-6(5)3-2-4;;;;/h2H,4-5H2,1H3;3*1H3;/p+1. The van der Waals surface area contributed by atoms with Crippen LogP contribution >= 0.6 is 0 Å². The van der Waals surface area contributed by atoms with Gasteiger partial charge in [-0.2, -0.15) is 0 Å². The molecule has 3 nitrogen and oxygen atoms in total. The quantitative estimate of drug-likeness (QED) is 0.404. The summed E-state index contributed by atoms with van der Waals surface area (Å²) in [7, 11) is 1.87. The van der Waals surface area contributed by atoms with Gasteiger partial charge in [0.1, 0.15) is 0 Å². The summed E-state index contributed by atoms with van der Waals surface area (Å²) in [5.41, 5.74) is 3.74. The van der Waals surface area contributed by atoms with Crippen molar-refractivity contribution in [3.63, 3.8) is 0 Å². The second-order valence-electron chi connectivity index (χ2n) is 3.45. The van der Waals surface area contributed by atoms with Crippen LogP contribution in [0.2, 0.25) is 14.8 Å². The Hall–Kier alpha value is 0.259. The Morgan fingerprint density at radius 1 is 1.50 bits per heavy atom. The molecule has 0 aromatic rings. The second kappa shape index (κ2) is 3.59.